The molecule has 0 bridgehead atoms. The number of carbonyl (C=O) groups is 1. The number of aromatic nitrogens is 1. The standard InChI is InChI=1S/C18H25N3OS/c1-4-5-11-16-20-14(2)17(23-16)18(22)19-12-13-21(3)15-9-7-6-8-10-15/h6-10H,4-5,11-13H2,1-3H3,(H,19,22). The highest BCUT2D eigenvalue weighted by molar-refractivity contribution is 7.13. The van der Waals surface area contributed by atoms with Crippen LogP contribution in [0.5, 0.6) is 0 Å². The first-order valence-electron chi connectivity index (χ1n) is 8.12. The Bertz CT molecular complexity index is 624. The molecule has 0 saturated carbocycles. The first-order chi connectivity index (χ1) is 11.1. The van der Waals surface area contributed by atoms with Crippen molar-refractivity contribution in [1.82, 2.24) is 10.3 Å². The van der Waals surface area contributed by atoms with Crippen molar-refractivity contribution in [3.63, 3.8) is 0 Å². The zero-order valence-corrected chi connectivity index (χ0v) is 14.9. The summed E-state index contributed by atoms with van der Waals surface area (Å²) in [4.78, 5) is 19.7. The number of benzene rings is 1. The van der Waals surface area contributed by atoms with Gasteiger partial charge in [-0.2, -0.15) is 0 Å². The zero-order valence-electron chi connectivity index (χ0n) is 14.1. The Balaban J connectivity index is 1.84. The maximum absolute atomic E-state index is 12.3. The van der Waals surface area contributed by atoms with Crippen LogP contribution in [-0.2, 0) is 6.42 Å². The van der Waals surface area contributed by atoms with Gasteiger partial charge in [-0.3, -0.25) is 4.79 Å². The van der Waals surface area contributed by atoms with Crippen LogP contribution in [0.15, 0.2) is 30.3 Å². The summed E-state index contributed by atoms with van der Waals surface area (Å²) >= 11 is 1.53. The van der Waals surface area contributed by atoms with Gasteiger partial charge in [0, 0.05) is 25.8 Å². The van der Waals surface area contributed by atoms with Crippen molar-refractivity contribution >= 4 is 22.9 Å². The van der Waals surface area contributed by atoms with Crippen LogP contribution in [0.3, 0.4) is 0 Å². The lowest BCUT2D eigenvalue weighted by Crippen LogP contribution is -2.32. The van der Waals surface area contributed by atoms with E-state index in [1.54, 1.807) is 0 Å². The minimum Gasteiger partial charge on any atom is -0.373 e. The minimum atomic E-state index is -0.00999. The molecule has 0 aliphatic heterocycles. The summed E-state index contributed by atoms with van der Waals surface area (Å²) in [6.07, 6.45) is 3.23. The van der Waals surface area contributed by atoms with Crippen LogP contribution in [0.4, 0.5) is 5.69 Å². The fraction of sp³-hybridized carbons (Fsp3) is 0.444. The molecule has 1 aromatic heterocycles. The third kappa shape index (κ3) is 5.06. The minimum absolute atomic E-state index is 0.00999. The van der Waals surface area contributed by atoms with Crippen molar-refractivity contribution < 1.29 is 4.79 Å². The number of amides is 1. The Labute approximate surface area is 142 Å². The molecule has 0 saturated heterocycles. The van der Waals surface area contributed by atoms with E-state index in [1.165, 1.54) is 11.3 Å². The van der Waals surface area contributed by atoms with Crippen molar-refractivity contribution in [1.29, 1.82) is 0 Å². The topological polar surface area (TPSA) is 45.2 Å². The van der Waals surface area contributed by atoms with Gasteiger partial charge >= 0.3 is 0 Å². The summed E-state index contributed by atoms with van der Waals surface area (Å²) in [7, 11) is 2.03. The average molecular weight is 331 g/mol. The van der Waals surface area contributed by atoms with E-state index in [0.29, 0.717) is 6.54 Å². The summed E-state index contributed by atoms with van der Waals surface area (Å²) in [6, 6.07) is 10.2. The predicted molar refractivity (Wildman–Crippen MR) is 97.5 cm³/mol. The van der Waals surface area contributed by atoms with Gasteiger partial charge in [0.15, 0.2) is 0 Å². The highest BCUT2D eigenvalue weighted by Crippen LogP contribution is 2.19. The lowest BCUT2D eigenvalue weighted by molar-refractivity contribution is 0.0958. The van der Waals surface area contributed by atoms with Gasteiger partial charge < -0.3 is 10.2 Å². The largest absolute Gasteiger partial charge is 0.373 e. The van der Waals surface area contributed by atoms with Crippen LogP contribution >= 0.6 is 11.3 Å². The van der Waals surface area contributed by atoms with Gasteiger partial charge in [0.2, 0.25) is 0 Å². The molecule has 1 heterocycles. The summed E-state index contributed by atoms with van der Waals surface area (Å²) in [6.45, 7) is 5.47. The Morgan fingerprint density at radius 3 is 2.74 bits per heavy atom. The molecular weight excluding hydrogens is 306 g/mol. The first-order valence-corrected chi connectivity index (χ1v) is 8.94. The highest BCUT2D eigenvalue weighted by Gasteiger charge is 2.14. The second-order valence-corrected chi connectivity index (χ2v) is 6.72. The normalized spacial score (nSPS) is 10.6. The molecule has 23 heavy (non-hydrogen) atoms. The van der Waals surface area contributed by atoms with Gasteiger partial charge in [-0.25, -0.2) is 4.98 Å². The molecule has 0 aliphatic carbocycles. The number of nitrogens with zero attached hydrogens (tertiary/aromatic N) is 2. The van der Waals surface area contributed by atoms with Gasteiger partial charge in [0.05, 0.1) is 10.7 Å². The number of nitrogens with one attached hydrogen (secondary N) is 1. The van der Waals surface area contributed by atoms with Crippen molar-refractivity contribution in [3.8, 4) is 0 Å². The molecule has 2 rings (SSSR count). The van der Waals surface area contributed by atoms with Crippen LogP contribution < -0.4 is 10.2 Å². The number of hydrogen-bond acceptors (Lipinski definition) is 4. The number of rotatable bonds is 8. The number of likely N-dealkylation sites (N-methyl/N-ethyl adjacent to an activating group) is 1. The van der Waals surface area contributed by atoms with Crippen molar-refractivity contribution in [3.05, 3.63) is 45.9 Å². The van der Waals surface area contributed by atoms with E-state index in [9.17, 15) is 4.79 Å². The fourth-order valence-electron chi connectivity index (χ4n) is 2.33. The van der Waals surface area contributed by atoms with Crippen LogP contribution in [0.25, 0.3) is 0 Å². The summed E-state index contributed by atoms with van der Waals surface area (Å²) in [5.41, 5.74) is 1.99. The second-order valence-electron chi connectivity index (χ2n) is 5.64. The monoisotopic (exact) mass is 331 g/mol. The molecule has 1 amide bonds. The summed E-state index contributed by atoms with van der Waals surface area (Å²) in [5, 5.41) is 4.07. The maximum Gasteiger partial charge on any atom is 0.263 e. The van der Waals surface area contributed by atoms with Crippen LogP contribution in [0.2, 0.25) is 0 Å². The first kappa shape index (κ1) is 17.5. The molecule has 0 atom stereocenters. The SMILES string of the molecule is CCCCc1nc(C)c(C(=O)NCCN(C)c2ccccc2)s1. The Kier molecular flexibility index (Phi) is 6.59. The zero-order chi connectivity index (χ0) is 16.7. The second kappa shape index (κ2) is 8.67. The number of hydrogen-bond donors (Lipinski definition) is 1. The van der Waals surface area contributed by atoms with E-state index in [-0.39, 0.29) is 5.91 Å². The molecule has 0 fully saturated rings. The molecule has 4 nitrogen and oxygen atoms in total. The predicted octanol–water partition coefficient (Wildman–Crippen LogP) is 3.66. The highest BCUT2D eigenvalue weighted by atomic mass is 32.1. The van der Waals surface area contributed by atoms with E-state index in [1.807, 2.05) is 32.2 Å². The van der Waals surface area contributed by atoms with Crippen LogP contribution in [0, 0.1) is 6.92 Å². The number of thiazole rings is 1. The van der Waals surface area contributed by atoms with Gasteiger partial charge in [-0.05, 0) is 31.9 Å². The van der Waals surface area contributed by atoms with Gasteiger partial charge in [0.1, 0.15) is 4.88 Å². The maximum atomic E-state index is 12.3. The Morgan fingerprint density at radius 2 is 2.04 bits per heavy atom. The van der Waals surface area contributed by atoms with Gasteiger partial charge in [-0.1, -0.05) is 31.5 Å². The van der Waals surface area contributed by atoms with Crippen LogP contribution in [0.1, 0.15) is 40.1 Å². The van der Waals surface area contributed by atoms with Gasteiger partial charge in [0.25, 0.3) is 5.91 Å². The summed E-state index contributed by atoms with van der Waals surface area (Å²) in [5.74, 6) is -0.00999. The molecule has 0 aliphatic rings. The van der Waals surface area contributed by atoms with E-state index < -0.39 is 0 Å². The van der Waals surface area contributed by atoms with Gasteiger partial charge in [-0.15, -0.1) is 11.3 Å². The number of unbranched alkanes of at least 4 members (excludes halogenated alkanes) is 1. The molecule has 1 N–H and O–H groups in total. The van der Waals surface area contributed by atoms with Crippen LogP contribution in [-0.4, -0.2) is 31.0 Å². The number of carbonyl (C=O) groups excluding carboxylic acids is 1. The number of anilines is 1. The number of para-hydroxylation sites is 1. The molecule has 0 radical (unpaired) electrons. The Hall–Kier alpha value is -1.88. The number of aryl methyl sites for hydroxylation is 2. The average Bonchev–Trinajstić information content (AvgIpc) is 2.94. The molecule has 1 aromatic carbocycles. The molecule has 0 unspecified atom stereocenters. The smallest absolute Gasteiger partial charge is 0.263 e. The van der Waals surface area contributed by atoms with Crippen molar-refractivity contribution in [2.24, 2.45) is 0 Å². The summed E-state index contributed by atoms with van der Waals surface area (Å²) < 4.78 is 0. The molecule has 5 heteroatoms. The third-order valence-electron chi connectivity index (χ3n) is 3.72. The lowest BCUT2D eigenvalue weighted by atomic mass is 10.3. The fourth-order valence-corrected chi connectivity index (χ4v) is 3.35. The Morgan fingerprint density at radius 1 is 1.30 bits per heavy atom. The van der Waals surface area contributed by atoms with Crippen molar-refractivity contribution in [2.75, 3.05) is 25.0 Å². The van der Waals surface area contributed by atoms with E-state index in [2.05, 4.69) is 34.3 Å². The molecular formula is C18H25N3OS. The molecule has 124 valence electrons. The van der Waals surface area contributed by atoms with E-state index in [4.69, 9.17) is 0 Å². The quantitative estimate of drug-likeness (QED) is 0.803. The van der Waals surface area contributed by atoms with Crippen molar-refractivity contribution in [2.45, 2.75) is 33.1 Å². The molecule has 2 aromatic rings. The third-order valence-corrected chi connectivity index (χ3v) is 4.94. The van der Waals surface area contributed by atoms with E-state index >= 15 is 0 Å². The van der Waals surface area contributed by atoms with E-state index in [0.717, 1.165) is 47.1 Å². The molecule has 0 spiro atoms. The lowest BCUT2D eigenvalue weighted by Gasteiger charge is -2.19.